The Hall–Kier alpha value is -3.12. The predicted octanol–water partition coefficient (Wildman–Crippen LogP) is 4.62. The highest BCUT2D eigenvalue weighted by Crippen LogP contribution is 2.38. The van der Waals surface area contributed by atoms with Gasteiger partial charge in [-0.05, 0) is 36.4 Å². The van der Waals surface area contributed by atoms with Crippen LogP contribution in [-0.4, -0.2) is 22.6 Å². The Labute approximate surface area is 155 Å². The lowest BCUT2D eigenvalue weighted by atomic mass is 10.2. The summed E-state index contributed by atoms with van der Waals surface area (Å²) in [5.74, 6) is 0.468. The van der Waals surface area contributed by atoms with E-state index in [1.54, 1.807) is 22.6 Å². The number of hydrogen-bond acceptors (Lipinski definition) is 4. The zero-order chi connectivity index (χ0) is 18.1. The lowest BCUT2D eigenvalue weighted by molar-refractivity contribution is 0.0991. The van der Waals surface area contributed by atoms with Crippen LogP contribution in [0.3, 0.4) is 0 Å². The summed E-state index contributed by atoms with van der Waals surface area (Å²) in [7, 11) is 3.45. The molecule has 0 aliphatic carbocycles. The average Bonchev–Trinajstić information content (AvgIpc) is 3.28. The molecule has 0 aliphatic heterocycles. The third-order valence-electron chi connectivity index (χ3n) is 4.17. The van der Waals surface area contributed by atoms with Crippen LogP contribution in [0.25, 0.3) is 10.2 Å². The van der Waals surface area contributed by atoms with Gasteiger partial charge in [0, 0.05) is 13.2 Å². The summed E-state index contributed by atoms with van der Waals surface area (Å²) in [6.45, 7) is 0. The molecule has 4 aromatic rings. The van der Waals surface area contributed by atoms with Crippen molar-refractivity contribution in [3.05, 3.63) is 72.6 Å². The Morgan fingerprint density at radius 3 is 2.58 bits per heavy atom. The number of aryl methyl sites for hydroxylation is 1. The number of rotatable bonds is 4. The van der Waals surface area contributed by atoms with Gasteiger partial charge in [0.25, 0.3) is 5.91 Å². The molecule has 26 heavy (non-hydrogen) atoms. The molecule has 0 fully saturated rings. The van der Waals surface area contributed by atoms with Gasteiger partial charge in [-0.3, -0.25) is 4.79 Å². The minimum Gasteiger partial charge on any atom is -0.495 e. The van der Waals surface area contributed by atoms with E-state index in [-0.39, 0.29) is 5.91 Å². The maximum Gasteiger partial charge on any atom is 0.281 e. The van der Waals surface area contributed by atoms with E-state index in [1.165, 1.54) is 11.3 Å². The minimum atomic E-state index is -0.152. The van der Waals surface area contributed by atoms with Crippen LogP contribution in [0.4, 0.5) is 10.8 Å². The average molecular weight is 363 g/mol. The monoisotopic (exact) mass is 363 g/mol. The number of ether oxygens (including phenoxy) is 1. The molecule has 0 unspecified atom stereocenters. The number of carbonyl (C=O) groups excluding carboxylic acids is 1. The van der Waals surface area contributed by atoms with Crippen molar-refractivity contribution in [1.82, 2.24) is 9.55 Å². The lowest BCUT2D eigenvalue weighted by Gasteiger charge is -2.22. The van der Waals surface area contributed by atoms with Gasteiger partial charge in [0.15, 0.2) is 5.13 Å². The van der Waals surface area contributed by atoms with Gasteiger partial charge in [0.2, 0.25) is 0 Å². The quantitative estimate of drug-likeness (QED) is 0.531. The fraction of sp³-hybridized carbons (Fsp3) is 0.100. The first-order chi connectivity index (χ1) is 12.7. The Morgan fingerprint density at radius 2 is 1.85 bits per heavy atom. The van der Waals surface area contributed by atoms with Crippen LogP contribution in [-0.2, 0) is 7.05 Å². The highest BCUT2D eigenvalue weighted by molar-refractivity contribution is 7.22. The molecule has 0 aliphatic rings. The summed E-state index contributed by atoms with van der Waals surface area (Å²) >= 11 is 1.48. The number of methoxy groups -OCH3 is 1. The van der Waals surface area contributed by atoms with Gasteiger partial charge in [-0.25, -0.2) is 9.88 Å². The second-order valence-electron chi connectivity index (χ2n) is 5.78. The number of hydrogen-bond donors (Lipinski definition) is 0. The molecule has 0 saturated heterocycles. The molecular formula is C20H17N3O2S. The van der Waals surface area contributed by atoms with E-state index in [1.807, 2.05) is 67.8 Å². The van der Waals surface area contributed by atoms with E-state index in [0.717, 1.165) is 10.2 Å². The number of anilines is 2. The smallest absolute Gasteiger partial charge is 0.281 e. The summed E-state index contributed by atoms with van der Waals surface area (Å²) in [4.78, 5) is 19.7. The number of fused-ring (bicyclic) bond motifs is 1. The second kappa shape index (κ2) is 6.65. The van der Waals surface area contributed by atoms with Gasteiger partial charge in [-0.2, -0.15) is 0 Å². The fourth-order valence-electron chi connectivity index (χ4n) is 2.87. The van der Waals surface area contributed by atoms with Crippen molar-refractivity contribution >= 4 is 38.3 Å². The molecule has 0 spiro atoms. The van der Waals surface area contributed by atoms with Crippen LogP contribution >= 0.6 is 11.3 Å². The fourth-order valence-corrected chi connectivity index (χ4v) is 3.85. The van der Waals surface area contributed by atoms with Crippen LogP contribution in [0.5, 0.6) is 5.75 Å². The maximum atomic E-state index is 13.4. The number of amides is 1. The van der Waals surface area contributed by atoms with E-state index >= 15 is 0 Å². The van der Waals surface area contributed by atoms with Crippen LogP contribution in [0.1, 0.15) is 10.5 Å². The van der Waals surface area contributed by atoms with Crippen LogP contribution in [0.15, 0.2) is 66.9 Å². The third-order valence-corrected chi connectivity index (χ3v) is 5.19. The lowest BCUT2D eigenvalue weighted by Crippen LogP contribution is -2.28. The molecule has 1 amide bonds. The summed E-state index contributed by atoms with van der Waals surface area (Å²) in [6, 6.07) is 19.0. The van der Waals surface area contributed by atoms with Gasteiger partial charge < -0.3 is 9.30 Å². The number of aromatic nitrogens is 2. The highest BCUT2D eigenvalue weighted by Gasteiger charge is 2.27. The van der Waals surface area contributed by atoms with Crippen molar-refractivity contribution < 1.29 is 9.53 Å². The summed E-state index contributed by atoms with van der Waals surface area (Å²) in [5, 5.41) is 0.613. The number of thiazole rings is 1. The SMILES string of the molecule is COc1ccccc1N(C(=O)c1cccn1C)c1nc2ccccc2s1. The molecule has 130 valence electrons. The van der Waals surface area contributed by atoms with Gasteiger partial charge in [-0.15, -0.1) is 0 Å². The first-order valence-corrected chi connectivity index (χ1v) is 8.95. The Bertz CT molecular complexity index is 1050. The molecule has 2 aromatic heterocycles. The predicted molar refractivity (Wildman–Crippen MR) is 104 cm³/mol. The Balaban J connectivity index is 1.91. The number of nitrogens with zero attached hydrogens (tertiary/aromatic N) is 3. The van der Waals surface area contributed by atoms with Gasteiger partial charge >= 0.3 is 0 Å². The van der Waals surface area contributed by atoms with Crippen molar-refractivity contribution in [2.75, 3.05) is 12.0 Å². The third kappa shape index (κ3) is 2.74. The molecule has 2 aromatic carbocycles. The Kier molecular flexibility index (Phi) is 4.18. The largest absolute Gasteiger partial charge is 0.495 e. The Morgan fingerprint density at radius 1 is 1.08 bits per heavy atom. The molecule has 0 atom stereocenters. The molecule has 6 heteroatoms. The summed E-state index contributed by atoms with van der Waals surface area (Å²) in [5.41, 5.74) is 2.11. The van der Waals surface area contributed by atoms with E-state index < -0.39 is 0 Å². The zero-order valence-electron chi connectivity index (χ0n) is 14.4. The van der Waals surface area contributed by atoms with Crippen molar-refractivity contribution in [3.8, 4) is 5.75 Å². The van der Waals surface area contributed by atoms with Gasteiger partial charge in [0.05, 0.1) is 23.0 Å². The van der Waals surface area contributed by atoms with Gasteiger partial charge in [-0.1, -0.05) is 35.6 Å². The number of para-hydroxylation sites is 3. The molecular weight excluding hydrogens is 346 g/mol. The van der Waals surface area contributed by atoms with Crippen molar-refractivity contribution in [2.24, 2.45) is 7.05 Å². The molecule has 2 heterocycles. The second-order valence-corrected chi connectivity index (χ2v) is 6.79. The van der Waals surface area contributed by atoms with E-state index in [9.17, 15) is 4.79 Å². The van der Waals surface area contributed by atoms with Crippen LogP contribution in [0, 0.1) is 0 Å². The standard InChI is InChI=1S/C20H17N3O2S/c1-22-13-7-10-16(22)19(24)23(15-9-4-5-11-17(15)25-2)20-21-14-8-3-6-12-18(14)26-20/h3-13H,1-2H3. The minimum absolute atomic E-state index is 0.152. The van der Waals surface area contributed by atoms with Crippen molar-refractivity contribution in [3.63, 3.8) is 0 Å². The van der Waals surface area contributed by atoms with E-state index in [0.29, 0.717) is 22.3 Å². The molecule has 5 nitrogen and oxygen atoms in total. The summed E-state index contributed by atoms with van der Waals surface area (Å²) < 4.78 is 8.33. The highest BCUT2D eigenvalue weighted by atomic mass is 32.1. The zero-order valence-corrected chi connectivity index (χ0v) is 15.2. The summed E-state index contributed by atoms with van der Waals surface area (Å²) in [6.07, 6.45) is 1.85. The number of carbonyl (C=O) groups is 1. The molecule has 0 N–H and O–H groups in total. The molecule has 0 bridgehead atoms. The molecule has 0 radical (unpaired) electrons. The maximum absolute atomic E-state index is 13.4. The first-order valence-electron chi connectivity index (χ1n) is 8.13. The van der Waals surface area contributed by atoms with Gasteiger partial charge in [0.1, 0.15) is 11.4 Å². The molecule has 0 saturated carbocycles. The van der Waals surface area contributed by atoms with Crippen LogP contribution in [0.2, 0.25) is 0 Å². The van der Waals surface area contributed by atoms with Crippen molar-refractivity contribution in [2.45, 2.75) is 0 Å². The normalized spacial score (nSPS) is 10.8. The topological polar surface area (TPSA) is 47.4 Å². The van der Waals surface area contributed by atoms with E-state index in [2.05, 4.69) is 4.98 Å². The molecule has 4 rings (SSSR count). The number of benzene rings is 2. The van der Waals surface area contributed by atoms with Crippen molar-refractivity contribution in [1.29, 1.82) is 0 Å². The first kappa shape index (κ1) is 16.4. The van der Waals surface area contributed by atoms with Crippen LogP contribution < -0.4 is 9.64 Å². The van der Waals surface area contributed by atoms with E-state index in [4.69, 9.17) is 4.74 Å².